The van der Waals surface area contributed by atoms with Crippen LogP contribution in [0.4, 0.5) is 13.2 Å². The highest BCUT2D eigenvalue weighted by atomic mass is 19.4. The van der Waals surface area contributed by atoms with Crippen LogP contribution in [-0.4, -0.2) is 41.9 Å². The number of aromatic nitrogens is 1. The number of pyridine rings is 1. The van der Waals surface area contributed by atoms with Crippen LogP contribution in [-0.2, 0) is 6.18 Å². The number of ketones is 1. The zero-order valence-electron chi connectivity index (χ0n) is 13.8. The second-order valence-corrected chi connectivity index (χ2v) is 6.72. The molecule has 0 aliphatic carbocycles. The molecule has 2 saturated heterocycles. The van der Waals surface area contributed by atoms with Crippen molar-refractivity contribution in [3.63, 3.8) is 0 Å². The Balaban J connectivity index is 1.89. The summed E-state index contributed by atoms with van der Waals surface area (Å²) in [5.41, 5.74) is -0.972. The minimum atomic E-state index is -4.53. The summed E-state index contributed by atoms with van der Waals surface area (Å²) in [6, 6.07) is 1.54. The summed E-state index contributed by atoms with van der Waals surface area (Å²) < 4.78 is 43.9. The molecule has 0 saturated carbocycles. The quantitative estimate of drug-likeness (QED) is 0.788. The van der Waals surface area contributed by atoms with E-state index in [0.29, 0.717) is 31.1 Å². The maximum Gasteiger partial charge on any atom is 0.417 e. The molecule has 2 aliphatic rings. The highest BCUT2D eigenvalue weighted by Gasteiger charge is 2.40. The van der Waals surface area contributed by atoms with E-state index in [2.05, 4.69) is 16.9 Å². The summed E-state index contributed by atoms with van der Waals surface area (Å²) in [5.74, 6) is -0.580. The number of hydrogen-bond acceptors (Lipinski definition) is 4. The Morgan fingerprint density at radius 3 is 2.46 bits per heavy atom. The first-order chi connectivity index (χ1) is 11.3. The van der Waals surface area contributed by atoms with Crippen molar-refractivity contribution in [1.29, 1.82) is 0 Å². The van der Waals surface area contributed by atoms with Crippen LogP contribution in [0.2, 0.25) is 0 Å². The van der Waals surface area contributed by atoms with Gasteiger partial charge in [-0.2, -0.15) is 13.2 Å². The third kappa shape index (κ3) is 3.14. The van der Waals surface area contributed by atoms with Crippen LogP contribution >= 0.6 is 0 Å². The molecule has 2 unspecified atom stereocenters. The average Bonchev–Trinajstić information content (AvgIpc) is 2.52. The zero-order valence-corrected chi connectivity index (χ0v) is 13.8. The molecule has 0 aromatic carbocycles. The zero-order chi connectivity index (χ0) is 17.5. The third-order valence-electron chi connectivity index (χ3n) is 5.35. The van der Waals surface area contributed by atoms with Crippen molar-refractivity contribution in [2.75, 3.05) is 14.2 Å². The van der Waals surface area contributed by atoms with Crippen molar-refractivity contribution >= 4 is 5.78 Å². The van der Waals surface area contributed by atoms with E-state index >= 15 is 0 Å². The summed E-state index contributed by atoms with van der Waals surface area (Å²) in [5, 5.41) is 0. The lowest BCUT2D eigenvalue weighted by Crippen LogP contribution is -2.51. The fourth-order valence-electron chi connectivity index (χ4n) is 4.00. The molecule has 0 amide bonds. The number of rotatable bonds is 3. The lowest BCUT2D eigenvalue weighted by Gasteiger charge is -2.46. The van der Waals surface area contributed by atoms with E-state index in [1.54, 1.807) is 0 Å². The Bertz CT molecular complexity index is 619. The number of ether oxygens (including phenoxy) is 1. The molecule has 7 heteroatoms. The highest BCUT2D eigenvalue weighted by molar-refractivity contribution is 6.00. The van der Waals surface area contributed by atoms with Crippen molar-refractivity contribution in [2.45, 2.75) is 50.4 Å². The number of methoxy groups -OCH3 is 1. The molecule has 0 spiro atoms. The molecule has 1 aromatic rings. The van der Waals surface area contributed by atoms with E-state index in [1.165, 1.54) is 7.11 Å². The number of hydrogen-bond donors (Lipinski definition) is 0. The van der Waals surface area contributed by atoms with Crippen LogP contribution in [0.15, 0.2) is 12.3 Å². The number of halogens is 3. The number of fused-ring (bicyclic) bond motifs is 2. The Morgan fingerprint density at radius 1 is 1.29 bits per heavy atom. The Morgan fingerprint density at radius 2 is 1.92 bits per heavy atom. The molecule has 2 fully saturated rings. The van der Waals surface area contributed by atoms with Crippen LogP contribution in [0.3, 0.4) is 0 Å². The average molecular weight is 342 g/mol. The van der Waals surface area contributed by atoms with E-state index in [1.807, 2.05) is 0 Å². The first kappa shape index (κ1) is 17.2. The molecule has 2 atom stereocenters. The van der Waals surface area contributed by atoms with Gasteiger partial charge in [-0.25, -0.2) is 4.98 Å². The predicted octanol–water partition coefficient (Wildman–Crippen LogP) is 3.55. The fraction of sp³-hybridized carbons (Fsp3) is 0.647. The van der Waals surface area contributed by atoms with Crippen molar-refractivity contribution < 1.29 is 22.7 Å². The van der Waals surface area contributed by atoms with Crippen molar-refractivity contribution in [3.8, 4) is 5.88 Å². The van der Waals surface area contributed by atoms with Crippen LogP contribution in [0.5, 0.6) is 5.88 Å². The molecular weight excluding hydrogens is 321 g/mol. The van der Waals surface area contributed by atoms with Crippen molar-refractivity contribution in [2.24, 2.45) is 5.92 Å². The van der Waals surface area contributed by atoms with Gasteiger partial charge in [0.15, 0.2) is 5.78 Å². The Kier molecular flexibility index (Phi) is 4.55. The van der Waals surface area contributed by atoms with Crippen molar-refractivity contribution in [3.05, 3.63) is 23.4 Å². The lowest BCUT2D eigenvalue weighted by atomic mass is 9.76. The monoisotopic (exact) mass is 342 g/mol. The van der Waals surface area contributed by atoms with E-state index in [4.69, 9.17) is 4.74 Å². The van der Waals surface area contributed by atoms with E-state index < -0.39 is 11.7 Å². The first-order valence-electron chi connectivity index (χ1n) is 8.18. The summed E-state index contributed by atoms with van der Waals surface area (Å²) in [7, 11) is 3.39. The fourth-order valence-corrected chi connectivity index (χ4v) is 4.00. The van der Waals surface area contributed by atoms with E-state index in [-0.39, 0.29) is 23.1 Å². The van der Waals surface area contributed by atoms with E-state index in [9.17, 15) is 18.0 Å². The lowest BCUT2D eigenvalue weighted by molar-refractivity contribution is -0.137. The number of Topliss-reactive ketones (excluding diaryl/α,β-unsaturated/α-hetero) is 1. The molecular formula is C17H21F3N2O2. The van der Waals surface area contributed by atoms with Crippen LogP contribution in [0, 0.1) is 5.92 Å². The predicted molar refractivity (Wildman–Crippen MR) is 82.0 cm³/mol. The standard InChI is InChI=1S/C17H21F3N2O2/c1-22-12-4-3-5-13(22)7-10(6-12)15(23)14-8-11(17(18,19)20)9-21-16(14)24-2/h8-10,12-13H,3-7H2,1-2H3. The molecule has 0 N–H and O–H groups in total. The highest BCUT2D eigenvalue weighted by Crippen LogP contribution is 2.39. The second-order valence-electron chi connectivity index (χ2n) is 6.72. The van der Waals surface area contributed by atoms with Gasteiger partial charge in [-0.05, 0) is 38.8 Å². The normalized spacial score (nSPS) is 27.8. The van der Waals surface area contributed by atoms with Crippen molar-refractivity contribution in [1.82, 2.24) is 9.88 Å². The van der Waals surface area contributed by atoms with Gasteiger partial charge in [-0.15, -0.1) is 0 Å². The molecule has 1 aromatic heterocycles. The van der Waals surface area contributed by atoms with E-state index in [0.717, 1.165) is 25.3 Å². The first-order valence-corrected chi connectivity index (χ1v) is 8.18. The van der Waals surface area contributed by atoms with Crippen LogP contribution in [0.1, 0.15) is 48.0 Å². The maximum atomic E-state index is 12.9. The largest absolute Gasteiger partial charge is 0.480 e. The smallest absolute Gasteiger partial charge is 0.417 e. The molecule has 132 valence electrons. The SMILES string of the molecule is COc1ncc(C(F)(F)F)cc1C(=O)C1CC2CCCC(C1)N2C. The number of carbonyl (C=O) groups is 1. The van der Waals surface area contributed by atoms with Gasteiger partial charge >= 0.3 is 6.18 Å². The second kappa shape index (κ2) is 6.35. The van der Waals surface area contributed by atoms with Gasteiger partial charge in [0.05, 0.1) is 18.2 Å². The topological polar surface area (TPSA) is 42.4 Å². The van der Waals surface area contributed by atoms with Gasteiger partial charge in [0.2, 0.25) is 5.88 Å². The summed E-state index contributed by atoms with van der Waals surface area (Å²) in [6.45, 7) is 0. The molecule has 3 rings (SSSR count). The molecule has 2 aliphatic heterocycles. The summed E-state index contributed by atoms with van der Waals surface area (Å²) in [4.78, 5) is 18.9. The Labute approximate surface area is 139 Å². The number of carbonyl (C=O) groups excluding carboxylic acids is 1. The van der Waals surface area contributed by atoms with Gasteiger partial charge in [0.1, 0.15) is 0 Å². The molecule has 4 nitrogen and oxygen atoms in total. The van der Waals surface area contributed by atoms with Crippen LogP contribution < -0.4 is 4.74 Å². The summed E-state index contributed by atoms with van der Waals surface area (Å²) in [6.07, 6.45) is 0.769. The molecule has 0 radical (unpaired) electrons. The minimum Gasteiger partial charge on any atom is -0.480 e. The number of piperidine rings is 2. The minimum absolute atomic E-state index is 0.0305. The molecule has 2 bridgehead atoms. The third-order valence-corrected chi connectivity index (χ3v) is 5.35. The molecule has 24 heavy (non-hydrogen) atoms. The van der Waals surface area contributed by atoms with Gasteiger partial charge in [-0.1, -0.05) is 6.42 Å². The Hall–Kier alpha value is -1.63. The summed E-state index contributed by atoms with van der Waals surface area (Å²) >= 11 is 0. The van der Waals surface area contributed by atoms with Gasteiger partial charge in [-0.3, -0.25) is 4.79 Å². The van der Waals surface area contributed by atoms with Gasteiger partial charge in [0, 0.05) is 24.2 Å². The number of alkyl halides is 3. The molecule has 3 heterocycles. The van der Waals surface area contributed by atoms with Gasteiger partial charge < -0.3 is 9.64 Å². The van der Waals surface area contributed by atoms with Crippen LogP contribution in [0.25, 0.3) is 0 Å². The van der Waals surface area contributed by atoms with Gasteiger partial charge in [0.25, 0.3) is 0 Å². The number of nitrogens with zero attached hydrogens (tertiary/aromatic N) is 2. The maximum absolute atomic E-state index is 12.9.